The van der Waals surface area contributed by atoms with Gasteiger partial charge in [0.2, 0.25) is 5.91 Å². The zero-order valence-corrected chi connectivity index (χ0v) is 13.9. The fraction of sp³-hybridized carbons (Fsp3) is 0.684. The van der Waals surface area contributed by atoms with E-state index in [1.54, 1.807) is 0 Å². The number of amides is 1. The molecule has 1 saturated carbocycles. The molecule has 2 saturated heterocycles. The second-order valence-electron chi connectivity index (χ2n) is 7.66. The van der Waals surface area contributed by atoms with Crippen LogP contribution in [0.4, 0.5) is 0 Å². The van der Waals surface area contributed by atoms with Crippen molar-refractivity contribution in [3.8, 4) is 0 Å². The first kappa shape index (κ1) is 15.1. The molecule has 1 amide bonds. The van der Waals surface area contributed by atoms with Crippen LogP contribution in [0.25, 0.3) is 0 Å². The standard InChI is InChI=1S/C19H27N3O/c23-18-4-8-19(22(18)15-16-2-3-16)7-1-12-21(13-9-19)14-17-5-10-20-11-6-17/h5-6,10-11,16H,1-4,7-9,12-15H2. The van der Waals surface area contributed by atoms with Crippen LogP contribution in [-0.2, 0) is 11.3 Å². The van der Waals surface area contributed by atoms with Gasteiger partial charge < -0.3 is 4.90 Å². The predicted octanol–water partition coefficient (Wildman–Crippen LogP) is 2.84. The third-order valence-electron chi connectivity index (χ3n) is 5.98. The van der Waals surface area contributed by atoms with Crippen molar-refractivity contribution < 1.29 is 4.79 Å². The van der Waals surface area contributed by atoms with Gasteiger partial charge in [-0.3, -0.25) is 14.7 Å². The number of nitrogens with zero attached hydrogens (tertiary/aromatic N) is 3. The zero-order valence-electron chi connectivity index (χ0n) is 13.9. The highest BCUT2D eigenvalue weighted by Gasteiger charge is 2.47. The molecule has 0 N–H and O–H groups in total. The molecule has 23 heavy (non-hydrogen) atoms. The fourth-order valence-electron chi connectivity index (χ4n) is 4.39. The molecule has 0 aromatic carbocycles. The first-order valence-electron chi connectivity index (χ1n) is 9.17. The maximum absolute atomic E-state index is 12.4. The number of carbonyl (C=O) groups is 1. The normalized spacial score (nSPS) is 29.2. The molecule has 3 aliphatic rings. The maximum atomic E-state index is 12.4. The van der Waals surface area contributed by atoms with Crippen molar-refractivity contribution in [3.05, 3.63) is 30.1 Å². The Labute approximate surface area is 138 Å². The minimum atomic E-state index is 0.173. The lowest BCUT2D eigenvalue weighted by atomic mass is 9.87. The average Bonchev–Trinajstić information content (AvgIpc) is 3.35. The summed E-state index contributed by atoms with van der Waals surface area (Å²) in [6.45, 7) is 4.30. The van der Waals surface area contributed by atoms with E-state index >= 15 is 0 Å². The van der Waals surface area contributed by atoms with Crippen LogP contribution < -0.4 is 0 Å². The van der Waals surface area contributed by atoms with E-state index in [1.807, 2.05) is 12.4 Å². The van der Waals surface area contributed by atoms with Crippen molar-refractivity contribution in [2.75, 3.05) is 19.6 Å². The molecule has 4 rings (SSSR count). The number of hydrogen-bond donors (Lipinski definition) is 0. The van der Waals surface area contributed by atoms with Crippen LogP contribution in [0.1, 0.15) is 50.5 Å². The number of carbonyl (C=O) groups excluding carboxylic acids is 1. The van der Waals surface area contributed by atoms with Crippen LogP contribution in [0.5, 0.6) is 0 Å². The summed E-state index contributed by atoms with van der Waals surface area (Å²) in [5.41, 5.74) is 1.51. The number of aromatic nitrogens is 1. The van der Waals surface area contributed by atoms with E-state index in [2.05, 4.69) is 26.9 Å². The lowest BCUT2D eigenvalue weighted by molar-refractivity contribution is -0.131. The van der Waals surface area contributed by atoms with Crippen molar-refractivity contribution in [3.63, 3.8) is 0 Å². The summed E-state index contributed by atoms with van der Waals surface area (Å²) >= 11 is 0. The molecule has 1 unspecified atom stereocenters. The summed E-state index contributed by atoms with van der Waals surface area (Å²) in [5.74, 6) is 1.21. The Morgan fingerprint density at radius 3 is 2.74 bits per heavy atom. The van der Waals surface area contributed by atoms with Crippen molar-refractivity contribution in [1.29, 1.82) is 0 Å². The number of hydrogen-bond acceptors (Lipinski definition) is 3. The molecule has 1 atom stereocenters. The zero-order chi connectivity index (χ0) is 15.7. The van der Waals surface area contributed by atoms with Gasteiger partial charge in [-0.05, 0) is 68.7 Å². The molecule has 1 aromatic rings. The van der Waals surface area contributed by atoms with Gasteiger partial charge in [0.1, 0.15) is 0 Å². The van der Waals surface area contributed by atoms with E-state index < -0.39 is 0 Å². The third-order valence-corrected chi connectivity index (χ3v) is 5.98. The molecule has 3 heterocycles. The van der Waals surface area contributed by atoms with E-state index in [-0.39, 0.29) is 5.54 Å². The van der Waals surface area contributed by atoms with E-state index in [0.717, 1.165) is 51.4 Å². The number of pyridine rings is 1. The Balaban J connectivity index is 1.42. The Bertz CT molecular complexity index is 557. The summed E-state index contributed by atoms with van der Waals surface area (Å²) < 4.78 is 0. The van der Waals surface area contributed by atoms with Gasteiger partial charge in [-0.25, -0.2) is 0 Å². The van der Waals surface area contributed by atoms with Gasteiger partial charge in [-0.1, -0.05) is 0 Å². The Morgan fingerprint density at radius 2 is 1.96 bits per heavy atom. The Kier molecular flexibility index (Phi) is 4.10. The van der Waals surface area contributed by atoms with E-state index in [1.165, 1.54) is 31.2 Å². The lowest BCUT2D eigenvalue weighted by Crippen LogP contribution is -2.47. The van der Waals surface area contributed by atoms with Crippen molar-refractivity contribution >= 4 is 5.91 Å². The molecule has 3 fully saturated rings. The first-order valence-corrected chi connectivity index (χ1v) is 9.17. The molecule has 1 aromatic heterocycles. The smallest absolute Gasteiger partial charge is 0.223 e. The molecule has 124 valence electrons. The molecule has 1 aliphatic carbocycles. The largest absolute Gasteiger partial charge is 0.337 e. The maximum Gasteiger partial charge on any atom is 0.223 e. The minimum absolute atomic E-state index is 0.173. The summed E-state index contributed by atoms with van der Waals surface area (Å²) in [7, 11) is 0. The van der Waals surface area contributed by atoms with Gasteiger partial charge in [0.05, 0.1) is 0 Å². The van der Waals surface area contributed by atoms with Crippen LogP contribution in [0.3, 0.4) is 0 Å². The van der Waals surface area contributed by atoms with Gasteiger partial charge in [0.25, 0.3) is 0 Å². The summed E-state index contributed by atoms with van der Waals surface area (Å²) in [5, 5.41) is 0. The van der Waals surface area contributed by atoms with Crippen molar-refractivity contribution in [1.82, 2.24) is 14.8 Å². The van der Waals surface area contributed by atoms with Crippen LogP contribution in [0.15, 0.2) is 24.5 Å². The van der Waals surface area contributed by atoms with Crippen LogP contribution >= 0.6 is 0 Å². The molecule has 4 nitrogen and oxygen atoms in total. The minimum Gasteiger partial charge on any atom is -0.337 e. The van der Waals surface area contributed by atoms with Gasteiger partial charge in [0.15, 0.2) is 0 Å². The fourth-order valence-corrected chi connectivity index (χ4v) is 4.39. The predicted molar refractivity (Wildman–Crippen MR) is 89.8 cm³/mol. The second kappa shape index (κ2) is 6.23. The topological polar surface area (TPSA) is 36.4 Å². The molecule has 2 aliphatic heterocycles. The summed E-state index contributed by atoms with van der Waals surface area (Å²) in [4.78, 5) is 21.4. The van der Waals surface area contributed by atoms with Gasteiger partial charge in [-0.15, -0.1) is 0 Å². The molecule has 1 spiro atoms. The summed E-state index contributed by atoms with van der Waals surface area (Å²) in [6, 6.07) is 4.22. The molecule has 0 radical (unpaired) electrons. The highest BCUT2D eigenvalue weighted by molar-refractivity contribution is 5.79. The van der Waals surface area contributed by atoms with E-state index in [4.69, 9.17) is 0 Å². The number of likely N-dealkylation sites (tertiary alicyclic amines) is 2. The van der Waals surface area contributed by atoms with Gasteiger partial charge in [0, 0.05) is 44.0 Å². The second-order valence-corrected chi connectivity index (χ2v) is 7.66. The highest BCUT2D eigenvalue weighted by atomic mass is 16.2. The van der Waals surface area contributed by atoms with E-state index in [0.29, 0.717) is 5.91 Å². The SMILES string of the molecule is O=C1CCC2(CCCN(Cc3ccncc3)CC2)N1CC1CC1. The van der Waals surface area contributed by atoms with Gasteiger partial charge in [-0.2, -0.15) is 0 Å². The van der Waals surface area contributed by atoms with Crippen LogP contribution in [0, 0.1) is 5.92 Å². The first-order chi connectivity index (χ1) is 11.3. The van der Waals surface area contributed by atoms with Crippen LogP contribution in [0.2, 0.25) is 0 Å². The summed E-state index contributed by atoms with van der Waals surface area (Å²) in [6.07, 6.45) is 11.8. The quantitative estimate of drug-likeness (QED) is 0.857. The average molecular weight is 313 g/mol. The van der Waals surface area contributed by atoms with Crippen molar-refractivity contribution in [2.24, 2.45) is 5.92 Å². The lowest BCUT2D eigenvalue weighted by Gasteiger charge is -2.38. The van der Waals surface area contributed by atoms with Gasteiger partial charge >= 0.3 is 0 Å². The highest BCUT2D eigenvalue weighted by Crippen LogP contribution is 2.42. The molecule has 4 heteroatoms. The monoisotopic (exact) mass is 313 g/mol. The Hall–Kier alpha value is -1.42. The third kappa shape index (κ3) is 3.27. The van der Waals surface area contributed by atoms with Crippen molar-refractivity contribution in [2.45, 2.75) is 57.0 Å². The number of rotatable bonds is 4. The molecule has 0 bridgehead atoms. The van der Waals surface area contributed by atoms with Crippen LogP contribution in [-0.4, -0.2) is 45.9 Å². The molecular weight excluding hydrogens is 286 g/mol. The van der Waals surface area contributed by atoms with E-state index in [9.17, 15) is 4.79 Å². The molecular formula is C19H27N3O. The Morgan fingerprint density at radius 1 is 1.13 bits per heavy atom.